The van der Waals surface area contributed by atoms with Gasteiger partial charge < -0.3 is 11.1 Å². The molecule has 0 amide bonds. The maximum absolute atomic E-state index is 10.6. The van der Waals surface area contributed by atoms with Crippen molar-refractivity contribution in [2.45, 2.75) is 46.0 Å². The summed E-state index contributed by atoms with van der Waals surface area (Å²) in [5, 5.41) is 13.7. The normalized spacial score (nSPS) is 10.8. The average molecular weight is 280 g/mol. The van der Waals surface area contributed by atoms with E-state index < -0.39 is 4.92 Å². The van der Waals surface area contributed by atoms with Gasteiger partial charge >= 0.3 is 5.69 Å². The highest BCUT2D eigenvalue weighted by molar-refractivity contribution is 5.57. The van der Waals surface area contributed by atoms with Gasteiger partial charge in [-0.3, -0.25) is 10.1 Å². The van der Waals surface area contributed by atoms with Crippen LogP contribution < -0.4 is 11.1 Å². The summed E-state index contributed by atoms with van der Waals surface area (Å²) >= 11 is 0. The van der Waals surface area contributed by atoms with Crippen LogP contribution in [0, 0.1) is 16.0 Å². The number of pyridine rings is 1. The third kappa shape index (κ3) is 5.86. The highest BCUT2D eigenvalue weighted by Gasteiger charge is 2.12. The molecule has 112 valence electrons. The highest BCUT2D eigenvalue weighted by Crippen LogP contribution is 2.20. The molecule has 0 atom stereocenters. The zero-order valence-corrected chi connectivity index (χ0v) is 12.3. The SMILES string of the molecule is CC(C)CCCCCCNc1ccc([N+](=O)[O-])c(N)n1. The zero-order chi connectivity index (χ0) is 15.0. The van der Waals surface area contributed by atoms with Gasteiger partial charge in [-0.25, -0.2) is 4.98 Å². The monoisotopic (exact) mass is 280 g/mol. The maximum atomic E-state index is 10.6. The summed E-state index contributed by atoms with van der Waals surface area (Å²) in [5.41, 5.74) is 5.38. The summed E-state index contributed by atoms with van der Waals surface area (Å²) in [6.45, 7) is 5.30. The first-order valence-corrected chi connectivity index (χ1v) is 7.15. The molecule has 0 saturated carbocycles. The van der Waals surface area contributed by atoms with E-state index >= 15 is 0 Å². The van der Waals surface area contributed by atoms with Crippen molar-refractivity contribution >= 4 is 17.3 Å². The number of rotatable bonds is 9. The smallest absolute Gasteiger partial charge is 0.311 e. The molecular weight excluding hydrogens is 256 g/mol. The predicted molar refractivity (Wildman–Crippen MR) is 81.7 cm³/mol. The standard InChI is InChI=1S/C14H24N4O2/c1-11(2)7-5-3-4-6-10-16-13-9-8-12(18(19)20)14(15)17-13/h8-9,11H,3-7,10H2,1-2H3,(H3,15,16,17). The summed E-state index contributed by atoms with van der Waals surface area (Å²) in [6, 6.07) is 2.97. The molecule has 1 aromatic rings. The number of hydrogen-bond acceptors (Lipinski definition) is 5. The van der Waals surface area contributed by atoms with Gasteiger partial charge in [0.05, 0.1) is 4.92 Å². The molecule has 0 aliphatic carbocycles. The first kappa shape index (κ1) is 16.2. The van der Waals surface area contributed by atoms with Gasteiger partial charge in [-0.15, -0.1) is 0 Å². The minimum Gasteiger partial charge on any atom is -0.378 e. The minimum atomic E-state index is -0.527. The maximum Gasteiger partial charge on any atom is 0.311 e. The molecule has 0 bridgehead atoms. The second-order valence-electron chi connectivity index (χ2n) is 5.38. The number of nitrogens with one attached hydrogen (secondary N) is 1. The third-order valence-electron chi connectivity index (χ3n) is 3.11. The van der Waals surface area contributed by atoms with Crippen molar-refractivity contribution in [2.24, 2.45) is 5.92 Å². The number of anilines is 2. The van der Waals surface area contributed by atoms with Gasteiger partial charge in [0.1, 0.15) is 5.82 Å². The molecule has 1 aromatic heterocycles. The fourth-order valence-electron chi connectivity index (χ4n) is 1.97. The van der Waals surface area contributed by atoms with Gasteiger partial charge in [0.15, 0.2) is 0 Å². The molecule has 0 radical (unpaired) electrons. The van der Waals surface area contributed by atoms with Crippen LogP contribution in [-0.4, -0.2) is 16.5 Å². The highest BCUT2D eigenvalue weighted by atomic mass is 16.6. The molecule has 1 rings (SSSR count). The van der Waals surface area contributed by atoms with Gasteiger partial charge in [-0.1, -0.05) is 39.5 Å². The van der Waals surface area contributed by atoms with Crippen molar-refractivity contribution in [3.8, 4) is 0 Å². The van der Waals surface area contributed by atoms with Gasteiger partial charge in [0.25, 0.3) is 0 Å². The van der Waals surface area contributed by atoms with E-state index in [0.29, 0.717) is 5.82 Å². The Labute approximate surface area is 119 Å². The quantitative estimate of drug-likeness (QED) is 0.409. The van der Waals surface area contributed by atoms with Crippen molar-refractivity contribution in [3.05, 3.63) is 22.2 Å². The summed E-state index contributed by atoms with van der Waals surface area (Å²) < 4.78 is 0. The predicted octanol–water partition coefficient (Wildman–Crippen LogP) is 3.59. The van der Waals surface area contributed by atoms with Gasteiger partial charge in [0.2, 0.25) is 5.82 Å². The molecule has 0 aliphatic rings. The average Bonchev–Trinajstić information content (AvgIpc) is 2.37. The number of hydrogen-bond donors (Lipinski definition) is 2. The van der Waals surface area contributed by atoms with Crippen molar-refractivity contribution in [1.29, 1.82) is 0 Å². The molecule has 3 N–H and O–H groups in total. The van der Waals surface area contributed by atoms with Crippen LogP contribution in [0.5, 0.6) is 0 Å². The van der Waals surface area contributed by atoms with Crippen molar-refractivity contribution in [2.75, 3.05) is 17.6 Å². The van der Waals surface area contributed by atoms with Gasteiger partial charge in [-0.05, 0) is 18.4 Å². The minimum absolute atomic E-state index is 0.0445. The molecule has 20 heavy (non-hydrogen) atoms. The topological polar surface area (TPSA) is 94.1 Å². The first-order valence-electron chi connectivity index (χ1n) is 7.15. The van der Waals surface area contributed by atoms with Crippen LogP contribution >= 0.6 is 0 Å². The number of nitrogens with two attached hydrogens (primary N) is 1. The fourth-order valence-corrected chi connectivity index (χ4v) is 1.97. The molecular formula is C14H24N4O2. The van der Waals surface area contributed by atoms with Gasteiger partial charge in [-0.2, -0.15) is 0 Å². The van der Waals surface area contributed by atoms with E-state index in [1.807, 2.05) is 0 Å². The van der Waals surface area contributed by atoms with Crippen LogP contribution in [-0.2, 0) is 0 Å². The number of aromatic nitrogens is 1. The lowest BCUT2D eigenvalue weighted by Crippen LogP contribution is -2.06. The Morgan fingerprint density at radius 1 is 1.30 bits per heavy atom. The zero-order valence-electron chi connectivity index (χ0n) is 12.3. The molecule has 0 saturated heterocycles. The molecule has 0 unspecified atom stereocenters. The second-order valence-corrected chi connectivity index (χ2v) is 5.38. The number of nitro groups is 1. The lowest BCUT2D eigenvalue weighted by Gasteiger charge is -2.07. The summed E-state index contributed by atoms with van der Waals surface area (Å²) in [6.07, 6.45) is 6.06. The second kappa shape index (κ2) is 8.35. The van der Waals surface area contributed by atoms with Crippen molar-refractivity contribution in [1.82, 2.24) is 4.98 Å². The molecule has 1 heterocycles. The van der Waals surface area contributed by atoms with Crippen LogP contribution in [0.25, 0.3) is 0 Å². The van der Waals surface area contributed by atoms with Crippen LogP contribution in [0.2, 0.25) is 0 Å². The lowest BCUT2D eigenvalue weighted by atomic mass is 10.0. The Kier molecular flexibility index (Phi) is 6.76. The molecule has 0 spiro atoms. The van der Waals surface area contributed by atoms with E-state index in [1.54, 1.807) is 6.07 Å². The molecule has 0 aromatic carbocycles. The van der Waals surface area contributed by atoms with Crippen LogP contribution in [0.1, 0.15) is 46.0 Å². The van der Waals surface area contributed by atoms with E-state index in [0.717, 1.165) is 18.9 Å². The van der Waals surface area contributed by atoms with E-state index in [9.17, 15) is 10.1 Å². The summed E-state index contributed by atoms with van der Waals surface area (Å²) in [7, 11) is 0. The molecule has 0 fully saturated rings. The van der Waals surface area contributed by atoms with E-state index in [-0.39, 0.29) is 11.5 Å². The van der Waals surface area contributed by atoms with Crippen LogP contribution in [0.4, 0.5) is 17.3 Å². The Balaban J connectivity index is 2.22. The Bertz CT molecular complexity index is 435. The van der Waals surface area contributed by atoms with Crippen LogP contribution in [0.15, 0.2) is 12.1 Å². The Hall–Kier alpha value is -1.85. The van der Waals surface area contributed by atoms with E-state index in [2.05, 4.69) is 24.1 Å². The summed E-state index contributed by atoms with van der Waals surface area (Å²) in [5.74, 6) is 1.33. The lowest BCUT2D eigenvalue weighted by molar-refractivity contribution is -0.384. The van der Waals surface area contributed by atoms with Crippen LogP contribution in [0.3, 0.4) is 0 Å². The summed E-state index contributed by atoms with van der Waals surface area (Å²) in [4.78, 5) is 14.1. The first-order chi connectivity index (χ1) is 9.50. The number of nitrogens with zero attached hydrogens (tertiary/aromatic N) is 2. The Morgan fingerprint density at radius 3 is 2.60 bits per heavy atom. The fraction of sp³-hybridized carbons (Fsp3) is 0.643. The van der Waals surface area contributed by atoms with Gasteiger partial charge in [0, 0.05) is 12.6 Å². The molecule has 0 aliphatic heterocycles. The third-order valence-corrected chi connectivity index (χ3v) is 3.11. The Morgan fingerprint density at radius 2 is 2.00 bits per heavy atom. The number of nitrogen functional groups attached to an aromatic ring is 1. The number of unbranched alkanes of at least 4 members (excludes halogenated alkanes) is 3. The molecule has 6 nitrogen and oxygen atoms in total. The largest absolute Gasteiger partial charge is 0.378 e. The van der Waals surface area contributed by atoms with E-state index in [4.69, 9.17) is 5.73 Å². The van der Waals surface area contributed by atoms with Crippen molar-refractivity contribution < 1.29 is 4.92 Å². The molecule has 6 heteroatoms. The van der Waals surface area contributed by atoms with Crippen molar-refractivity contribution in [3.63, 3.8) is 0 Å². The van der Waals surface area contributed by atoms with E-state index in [1.165, 1.54) is 31.7 Å².